The fourth-order valence-electron chi connectivity index (χ4n) is 3.65. The van der Waals surface area contributed by atoms with Crippen LogP contribution in [0.1, 0.15) is 29.4 Å². The molecule has 1 amide bonds. The zero-order chi connectivity index (χ0) is 16.7. The van der Waals surface area contributed by atoms with Crippen LogP contribution in [0.15, 0.2) is 18.3 Å². The smallest absolute Gasteiger partial charge is 0.261 e. The van der Waals surface area contributed by atoms with Crippen molar-refractivity contribution in [2.45, 2.75) is 31.8 Å². The summed E-state index contributed by atoms with van der Waals surface area (Å²) in [4.78, 5) is 19.7. The summed E-state index contributed by atoms with van der Waals surface area (Å²) in [7, 11) is 0. The van der Waals surface area contributed by atoms with Crippen molar-refractivity contribution in [1.29, 1.82) is 0 Å². The van der Waals surface area contributed by atoms with Crippen molar-refractivity contribution >= 4 is 40.2 Å². The van der Waals surface area contributed by atoms with Crippen molar-refractivity contribution in [3.63, 3.8) is 0 Å². The van der Waals surface area contributed by atoms with Crippen LogP contribution in [-0.4, -0.2) is 41.0 Å². The van der Waals surface area contributed by atoms with Gasteiger partial charge in [-0.3, -0.25) is 9.69 Å². The van der Waals surface area contributed by atoms with E-state index >= 15 is 0 Å². The van der Waals surface area contributed by atoms with E-state index in [4.69, 9.17) is 16.3 Å². The summed E-state index contributed by atoms with van der Waals surface area (Å²) in [6, 6.07) is 4.28. The minimum atomic E-state index is -0.0113. The zero-order valence-electron chi connectivity index (χ0n) is 13.2. The van der Waals surface area contributed by atoms with Crippen molar-refractivity contribution in [3.05, 3.63) is 27.7 Å². The Kier molecular flexibility index (Phi) is 4.51. The number of aromatic nitrogens is 1. The number of nitrogens with zero attached hydrogens (tertiary/aromatic N) is 2. The van der Waals surface area contributed by atoms with Crippen molar-refractivity contribution in [3.8, 4) is 10.1 Å². The highest BCUT2D eigenvalue weighted by Crippen LogP contribution is 2.35. The summed E-state index contributed by atoms with van der Waals surface area (Å²) in [6.07, 6.45) is 3.95. The predicted octanol–water partition coefficient (Wildman–Crippen LogP) is 3.86. The topological polar surface area (TPSA) is 54.5 Å². The van der Waals surface area contributed by atoms with Gasteiger partial charge in [-0.05, 0) is 50.9 Å². The Hall–Kier alpha value is -1.15. The third-order valence-corrected chi connectivity index (χ3v) is 6.89. The second kappa shape index (κ2) is 6.63. The molecule has 2 aromatic heterocycles. The summed E-state index contributed by atoms with van der Waals surface area (Å²) >= 11 is 8.41. The zero-order valence-corrected chi connectivity index (χ0v) is 15.6. The van der Waals surface area contributed by atoms with Gasteiger partial charge in [-0.15, -0.1) is 0 Å². The minimum absolute atomic E-state index is 0.0113. The second-order valence-corrected chi connectivity index (χ2v) is 8.89. The number of thiophene rings is 1. The average molecular weight is 384 g/mol. The van der Waals surface area contributed by atoms with E-state index in [0.29, 0.717) is 31.4 Å². The molecule has 128 valence electrons. The molecule has 24 heavy (non-hydrogen) atoms. The summed E-state index contributed by atoms with van der Waals surface area (Å²) < 4.78 is 6.13. The van der Waals surface area contributed by atoms with Gasteiger partial charge in [0.2, 0.25) is 5.06 Å². The fourth-order valence-corrected chi connectivity index (χ4v) is 5.26. The van der Waals surface area contributed by atoms with Crippen molar-refractivity contribution < 1.29 is 9.53 Å². The molecule has 0 spiro atoms. The number of rotatable bonds is 4. The van der Waals surface area contributed by atoms with E-state index in [1.54, 1.807) is 6.20 Å². The van der Waals surface area contributed by atoms with Gasteiger partial charge in [0, 0.05) is 12.1 Å². The predicted molar refractivity (Wildman–Crippen MR) is 96.5 cm³/mol. The van der Waals surface area contributed by atoms with E-state index in [1.807, 2.05) is 12.1 Å². The van der Waals surface area contributed by atoms with Crippen LogP contribution in [0.4, 0.5) is 0 Å². The SMILES string of the molecule is C[C@H]1[C@H](NC(=O)c2ccc(Oc3cnc(Cl)s3)s2)C2CCN1CC2. The first-order valence-corrected chi connectivity index (χ1v) is 10.0. The maximum atomic E-state index is 12.6. The van der Waals surface area contributed by atoms with Gasteiger partial charge in [0.25, 0.3) is 5.91 Å². The lowest BCUT2D eigenvalue weighted by atomic mass is 9.79. The van der Waals surface area contributed by atoms with Crippen LogP contribution in [0.25, 0.3) is 0 Å². The Morgan fingerprint density at radius 2 is 2.12 bits per heavy atom. The number of halogens is 1. The van der Waals surface area contributed by atoms with Gasteiger partial charge in [0.15, 0.2) is 9.53 Å². The molecular weight excluding hydrogens is 366 g/mol. The van der Waals surface area contributed by atoms with Crippen molar-refractivity contribution in [1.82, 2.24) is 15.2 Å². The monoisotopic (exact) mass is 383 g/mol. The third kappa shape index (κ3) is 3.18. The van der Waals surface area contributed by atoms with Crippen LogP contribution in [0.2, 0.25) is 4.47 Å². The van der Waals surface area contributed by atoms with Crippen LogP contribution in [-0.2, 0) is 0 Å². The number of carbonyl (C=O) groups excluding carboxylic acids is 1. The first-order valence-electron chi connectivity index (χ1n) is 8.04. The molecule has 3 aliphatic heterocycles. The molecule has 5 heterocycles. The average Bonchev–Trinajstić information content (AvgIpc) is 3.21. The summed E-state index contributed by atoms with van der Waals surface area (Å²) in [5, 5.41) is 4.53. The largest absolute Gasteiger partial charge is 0.434 e. The van der Waals surface area contributed by atoms with Crippen LogP contribution in [0, 0.1) is 5.92 Å². The molecule has 0 unspecified atom stereocenters. The number of ether oxygens (including phenoxy) is 1. The highest BCUT2D eigenvalue weighted by molar-refractivity contribution is 7.18. The van der Waals surface area contributed by atoms with Crippen LogP contribution < -0.4 is 10.1 Å². The van der Waals surface area contributed by atoms with E-state index in [0.717, 1.165) is 13.1 Å². The Labute approximate surface area is 153 Å². The summed E-state index contributed by atoms with van der Waals surface area (Å²) in [6.45, 7) is 4.53. The number of amides is 1. The number of carbonyl (C=O) groups is 1. The maximum absolute atomic E-state index is 12.6. The standard InChI is InChI=1S/C16H18ClN3O2S2/c1-9-14(10-4-6-20(9)7-5-10)19-15(21)11-2-3-12(23-11)22-13-8-18-16(17)24-13/h2-3,8-10,14H,4-7H2,1H3,(H,19,21)/t9-,14-/m0/s1. The fraction of sp³-hybridized carbons (Fsp3) is 0.500. The molecular formula is C16H18ClN3O2S2. The lowest BCUT2D eigenvalue weighted by Gasteiger charge is -2.49. The van der Waals surface area contributed by atoms with Gasteiger partial charge in [-0.25, -0.2) is 4.98 Å². The number of hydrogen-bond acceptors (Lipinski definition) is 6. The van der Waals surface area contributed by atoms with Crippen molar-refractivity contribution in [2.24, 2.45) is 5.92 Å². The van der Waals surface area contributed by atoms with Crippen LogP contribution in [0.3, 0.4) is 0 Å². The maximum Gasteiger partial charge on any atom is 0.261 e. The molecule has 2 atom stereocenters. The number of hydrogen-bond donors (Lipinski definition) is 1. The Morgan fingerprint density at radius 1 is 1.33 bits per heavy atom. The number of fused-ring (bicyclic) bond motifs is 3. The van der Waals surface area contributed by atoms with Gasteiger partial charge in [-0.1, -0.05) is 34.3 Å². The molecule has 0 saturated carbocycles. The van der Waals surface area contributed by atoms with Crippen LogP contribution >= 0.6 is 34.3 Å². The number of piperidine rings is 3. The lowest BCUT2D eigenvalue weighted by Crippen LogP contribution is -2.62. The Morgan fingerprint density at radius 3 is 2.79 bits per heavy atom. The van der Waals surface area contributed by atoms with E-state index in [-0.39, 0.29) is 11.9 Å². The molecule has 5 rings (SSSR count). The highest BCUT2D eigenvalue weighted by atomic mass is 35.5. The van der Waals surface area contributed by atoms with E-state index in [9.17, 15) is 4.79 Å². The normalized spacial score (nSPS) is 28.8. The molecule has 0 aromatic carbocycles. The minimum Gasteiger partial charge on any atom is -0.434 e. The molecule has 3 saturated heterocycles. The highest BCUT2D eigenvalue weighted by Gasteiger charge is 2.40. The first kappa shape index (κ1) is 16.3. The molecule has 3 aliphatic rings. The van der Waals surface area contributed by atoms with E-state index in [2.05, 4.69) is 22.1 Å². The Balaban J connectivity index is 1.41. The number of thiazole rings is 1. The molecule has 0 radical (unpaired) electrons. The van der Waals surface area contributed by atoms with Crippen LogP contribution in [0.5, 0.6) is 10.1 Å². The molecule has 0 aliphatic carbocycles. The third-order valence-electron chi connectivity index (χ3n) is 4.94. The van der Waals surface area contributed by atoms with Gasteiger partial charge in [-0.2, -0.15) is 0 Å². The van der Waals surface area contributed by atoms with Gasteiger partial charge >= 0.3 is 0 Å². The van der Waals surface area contributed by atoms with E-state index in [1.165, 1.54) is 35.5 Å². The summed E-state index contributed by atoms with van der Waals surface area (Å²) in [5.74, 6) is 0.590. The molecule has 1 N–H and O–H groups in total. The number of nitrogens with one attached hydrogen (secondary N) is 1. The quantitative estimate of drug-likeness (QED) is 0.870. The lowest BCUT2D eigenvalue weighted by molar-refractivity contribution is 0.0218. The van der Waals surface area contributed by atoms with E-state index < -0.39 is 0 Å². The molecule has 2 bridgehead atoms. The van der Waals surface area contributed by atoms with Gasteiger partial charge in [0.05, 0.1) is 11.1 Å². The molecule has 5 nitrogen and oxygen atoms in total. The molecule has 2 aromatic rings. The van der Waals surface area contributed by atoms with Crippen molar-refractivity contribution in [2.75, 3.05) is 13.1 Å². The molecule has 3 fully saturated rings. The molecule has 8 heteroatoms. The van der Waals surface area contributed by atoms with Gasteiger partial charge in [0.1, 0.15) is 0 Å². The Bertz CT molecular complexity index is 737. The first-order chi connectivity index (χ1) is 11.6. The summed E-state index contributed by atoms with van der Waals surface area (Å²) in [5.41, 5.74) is 0. The second-order valence-electron chi connectivity index (χ2n) is 6.27. The van der Waals surface area contributed by atoms with Gasteiger partial charge < -0.3 is 10.1 Å².